The molecule has 8 heteroatoms. The molecule has 0 aromatic heterocycles. The van der Waals surface area contributed by atoms with Crippen molar-refractivity contribution in [2.45, 2.75) is 11.8 Å². The molecule has 0 atom stereocenters. The topological polar surface area (TPSA) is 26.3 Å². The van der Waals surface area contributed by atoms with E-state index in [1.54, 1.807) is 0 Å². The Morgan fingerprint density at radius 2 is 1.88 bits per heavy atom. The summed E-state index contributed by atoms with van der Waals surface area (Å²) in [5.41, 5.74) is -1.05. The predicted octanol–water partition coefficient (Wildman–Crippen LogP) is -0.871. The molecule has 0 spiro atoms. The van der Waals surface area contributed by atoms with Crippen molar-refractivity contribution in [2.24, 2.45) is 0 Å². The van der Waals surface area contributed by atoms with Gasteiger partial charge in [0, 0.05) is 4.90 Å². The molecule has 0 fully saturated rings. The van der Waals surface area contributed by atoms with Gasteiger partial charge in [0.15, 0.2) is 0 Å². The van der Waals surface area contributed by atoms with Crippen LogP contribution in [0.2, 0.25) is 0 Å². The summed E-state index contributed by atoms with van der Waals surface area (Å²) in [4.78, 5) is 11.3. The number of hydrogen-bond donors (Lipinski definition) is 1. The Kier molecular flexibility index (Phi) is 6.83. The van der Waals surface area contributed by atoms with Crippen LogP contribution in [0.3, 0.4) is 0 Å². The van der Waals surface area contributed by atoms with Crippen molar-refractivity contribution < 1.29 is 73.9 Å². The van der Waals surface area contributed by atoms with Crippen LogP contribution in [-0.4, -0.2) is 20.1 Å². The van der Waals surface area contributed by atoms with Crippen molar-refractivity contribution in [3.05, 3.63) is 23.3 Å². The fourth-order valence-corrected chi connectivity index (χ4v) is 1.65. The maximum Gasteiger partial charge on any atom is 1.00 e. The second-order valence-corrected chi connectivity index (χ2v) is 3.79. The second-order valence-electron chi connectivity index (χ2n) is 3.27. The van der Waals surface area contributed by atoms with Gasteiger partial charge in [-0.25, -0.2) is 4.79 Å². The summed E-state index contributed by atoms with van der Waals surface area (Å²) in [6.07, 6.45) is 0. The van der Waals surface area contributed by atoms with Crippen LogP contribution < -0.4 is 56.8 Å². The van der Waals surface area contributed by atoms with E-state index in [4.69, 9.17) is 0 Å². The Balaban J connectivity index is 0.00000256. The summed E-state index contributed by atoms with van der Waals surface area (Å²) in [7, 11) is 1.12. The molecular formula is C9H9BF3KO2S. The average Bonchev–Trinajstić information content (AvgIpc) is 2.18. The fourth-order valence-electron chi connectivity index (χ4n) is 1.38. The summed E-state index contributed by atoms with van der Waals surface area (Å²) in [5.74, 6) is -0.797. The van der Waals surface area contributed by atoms with Crippen LogP contribution >= 0.6 is 12.6 Å². The Labute approximate surface area is 145 Å². The molecule has 0 saturated heterocycles. The zero-order chi connectivity index (χ0) is 12.5. The van der Waals surface area contributed by atoms with Gasteiger partial charge in [0.1, 0.15) is 0 Å². The molecule has 0 aliphatic rings. The van der Waals surface area contributed by atoms with Gasteiger partial charge in [-0.2, -0.15) is 0 Å². The standard InChI is InChI=1S/C9H9BF3O2S.K/c1-5-7(9(14)15-2)3-6(16)4-8(5)10(11,12)13;/h3-4,16H,1-2H3;/q-1;+1. The smallest absolute Gasteiger partial charge is 0.465 e. The number of carbonyl (C=O) groups excluding carboxylic acids is 1. The molecule has 0 saturated carbocycles. The van der Waals surface area contributed by atoms with E-state index in [0.29, 0.717) is 0 Å². The van der Waals surface area contributed by atoms with E-state index in [1.807, 2.05) is 0 Å². The fraction of sp³-hybridized carbons (Fsp3) is 0.222. The summed E-state index contributed by atoms with van der Waals surface area (Å²) in [5, 5.41) is 0. The van der Waals surface area contributed by atoms with Gasteiger partial charge in [-0.05, 0) is 13.0 Å². The predicted molar refractivity (Wildman–Crippen MR) is 58.5 cm³/mol. The Morgan fingerprint density at radius 3 is 2.29 bits per heavy atom. The third-order valence-electron chi connectivity index (χ3n) is 2.19. The maximum absolute atomic E-state index is 12.7. The first kappa shape index (κ1) is 17.5. The summed E-state index contributed by atoms with van der Waals surface area (Å²) in [6.45, 7) is -3.92. The van der Waals surface area contributed by atoms with E-state index in [-0.39, 0.29) is 67.4 Å². The third-order valence-corrected chi connectivity index (χ3v) is 2.45. The zero-order valence-corrected chi connectivity index (χ0v) is 13.6. The molecule has 2 nitrogen and oxygen atoms in total. The molecule has 0 heterocycles. The summed E-state index contributed by atoms with van der Waals surface area (Å²) >= 11 is 3.84. The van der Waals surface area contributed by atoms with Gasteiger partial charge in [0.2, 0.25) is 0 Å². The van der Waals surface area contributed by atoms with Crippen LogP contribution in [0.5, 0.6) is 0 Å². The third kappa shape index (κ3) is 4.29. The van der Waals surface area contributed by atoms with E-state index in [9.17, 15) is 17.7 Å². The Morgan fingerprint density at radius 1 is 1.35 bits per heavy atom. The molecular weight excluding hydrogens is 279 g/mol. The normalized spacial score (nSPS) is 10.7. The number of halogens is 3. The number of benzene rings is 1. The van der Waals surface area contributed by atoms with Crippen LogP contribution in [0.1, 0.15) is 15.9 Å². The number of hydrogen-bond acceptors (Lipinski definition) is 3. The first-order chi connectivity index (χ1) is 7.27. The van der Waals surface area contributed by atoms with Gasteiger partial charge in [0.05, 0.1) is 12.7 Å². The van der Waals surface area contributed by atoms with Gasteiger partial charge in [-0.3, -0.25) is 0 Å². The molecule has 1 rings (SSSR count). The second kappa shape index (κ2) is 6.63. The van der Waals surface area contributed by atoms with Crippen LogP contribution in [0.15, 0.2) is 17.0 Å². The average molecular weight is 288 g/mol. The van der Waals surface area contributed by atoms with Crippen molar-refractivity contribution in [2.75, 3.05) is 7.11 Å². The summed E-state index contributed by atoms with van der Waals surface area (Å²) in [6, 6.07) is 2.17. The van der Waals surface area contributed by atoms with E-state index >= 15 is 0 Å². The number of thiol groups is 1. The Hall–Kier alpha value is 0.531. The van der Waals surface area contributed by atoms with Crippen LogP contribution in [-0.2, 0) is 4.74 Å². The van der Waals surface area contributed by atoms with E-state index in [1.165, 1.54) is 13.0 Å². The van der Waals surface area contributed by atoms with Crippen molar-refractivity contribution >= 4 is 31.0 Å². The molecule has 1 aromatic carbocycles. The molecule has 0 unspecified atom stereocenters. The van der Waals surface area contributed by atoms with Gasteiger partial charge in [-0.1, -0.05) is 11.6 Å². The zero-order valence-electron chi connectivity index (χ0n) is 9.63. The van der Waals surface area contributed by atoms with Crippen LogP contribution in [0.4, 0.5) is 12.9 Å². The maximum atomic E-state index is 12.7. The molecule has 17 heavy (non-hydrogen) atoms. The van der Waals surface area contributed by atoms with Gasteiger partial charge in [-0.15, -0.1) is 18.1 Å². The van der Waals surface area contributed by atoms with Crippen molar-refractivity contribution in [3.8, 4) is 0 Å². The van der Waals surface area contributed by atoms with Crippen molar-refractivity contribution in [3.63, 3.8) is 0 Å². The molecule has 0 aliphatic carbocycles. The number of ether oxygens (including phenoxy) is 1. The summed E-state index contributed by atoms with van der Waals surface area (Å²) < 4.78 is 42.4. The number of rotatable bonds is 2. The molecule has 88 valence electrons. The number of carbonyl (C=O) groups is 1. The number of methoxy groups -OCH3 is 1. The van der Waals surface area contributed by atoms with Gasteiger partial charge < -0.3 is 17.7 Å². The van der Waals surface area contributed by atoms with Crippen LogP contribution in [0.25, 0.3) is 0 Å². The number of esters is 1. The minimum atomic E-state index is -5.16. The largest absolute Gasteiger partial charge is 1.00 e. The minimum absolute atomic E-state index is 0. The first-order valence-electron chi connectivity index (χ1n) is 4.39. The quantitative estimate of drug-likeness (QED) is 0.435. The molecule has 0 radical (unpaired) electrons. The molecule has 0 bridgehead atoms. The van der Waals surface area contributed by atoms with E-state index in [0.717, 1.165) is 13.2 Å². The molecule has 0 amide bonds. The molecule has 1 aromatic rings. The van der Waals surface area contributed by atoms with Crippen LogP contribution in [0, 0.1) is 6.92 Å². The van der Waals surface area contributed by atoms with Gasteiger partial charge >= 0.3 is 64.3 Å². The van der Waals surface area contributed by atoms with Crippen molar-refractivity contribution in [1.82, 2.24) is 0 Å². The monoisotopic (exact) mass is 288 g/mol. The van der Waals surface area contributed by atoms with E-state index in [2.05, 4.69) is 17.4 Å². The SMILES string of the molecule is COC(=O)c1cc(S)cc([B-](F)(F)F)c1C.[K+]. The van der Waals surface area contributed by atoms with E-state index < -0.39 is 18.4 Å². The molecule has 0 N–H and O–H groups in total. The Bertz CT molecular complexity index is 437. The van der Waals surface area contributed by atoms with Gasteiger partial charge in [0.25, 0.3) is 0 Å². The van der Waals surface area contributed by atoms with Crippen molar-refractivity contribution in [1.29, 1.82) is 0 Å². The first-order valence-corrected chi connectivity index (χ1v) is 4.84. The minimum Gasteiger partial charge on any atom is -0.465 e. The molecule has 0 aliphatic heterocycles.